The lowest BCUT2D eigenvalue weighted by molar-refractivity contribution is 0.207. The third-order valence-corrected chi connectivity index (χ3v) is 5.82. The summed E-state index contributed by atoms with van der Waals surface area (Å²) in [7, 11) is 0. The largest absolute Gasteiger partial charge is 0.369 e. The molecule has 1 aromatic carbocycles. The Balaban J connectivity index is 1.56. The van der Waals surface area contributed by atoms with E-state index in [9.17, 15) is 5.11 Å². The van der Waals surface area contributed by atoms with Crippen LogP contribution in [0.4, 0.5) is 17.2 Å². The summed E-state index contributed by atoms with van der Waals surface area (Å²) in [6.45, 7) is 9.79. The van der Waals surface area contributed by atoms with Crippen LogP contribution in [0.3, 0.4) is 0 Å². The summed E-state index contributed by atoms with van der Waals surface area (Å²) in [6.07, 6.45) is 6.17. The number of hydrogen-bond donors (Lipinski definition) is 2. The average Bonchev–Trinajstić information content (AvgIpc) is 2.80. The zero-order valence-electron chi connectivity index (χ0n) is 18.4. The number of pyridine rings is 1. The van der Waals surface area contributed by atoms with Gasteiger partial charge in [0.15, 0.2) is 6.23 Å². The Kier molecular flexibility index (Phi) is 6.32. The molecule has 3 heterocycles. The van der Waals surface area contributed by atoms with Crippen LogP contribution in [-0.2, 0) is 0 Å². The van der Waals surface area contributed by atoms with Crippen molar-refractivity contribution in [1.82, 2.24) is 15.0 Å². The number of rotatable bonds is 6. The van der Waals surface area contributed by atoms with E-state index < -0.39 is 6.23 Å². The molecule has 0 radical (unpaired) electrons. The van der Waals surface area contributed by atoms with E-state index in [1.165, 1.54) is 5.56 Å². The van der Waals surface area contributed by atoms with Crippen LogP contribution in [0.15, 0.2) is 55.1 Å². The van der Waals surface area contributed by atoms with E-state index in [4.69, 9.17) is 0 Å². The maximum Gasteiger partial charge on any atom is 0.152 e. The first-order valence-electron chi connectivity index (χ1n) is 10.8. The number of aliphatic hydroxyl groups excluding tert-OH is 1. The van der Waals surface area contributed by atoms with Gasteiger partial charge in [0.2, 0.25) is 0 Å². The second-order valence-electron chi connectivity index (χ2n) is 8.19. The predicted molar refractivity (Wildman–Crippen MR) is 125 cm³/mol. The molecule has 0 saturated carbocycles. The first-order chi connectivity index (χ1) is 15.0. The van der Waals surface area contributed by atoms with E-state index in [0.29, 0.717) is 5.92 Å². The van der Waals surface area contributed by atoms with Crippen molar-refractivity contribution < 1.29 is 5.11 Å². The van der Waals surface area contributed by atoms with Gasteiger partial charge in [0, 0.05) is 56.0 Å². The predicted octanol–water partition coefficient (Wildman–Crippen LogP) is 3.73. The molecule has 0 bridgehead atoms. The average molecular weight is 419 g/mol. The number of nitrogens with zero attached hydrogens (tertiary/aromatic N) is 5. The second kappa shape index (κ2) is 9.31. The highest BCUT2D eigenvalue weighted by Gasteiger charge is 2.22. The summed E-state index contributed by atoms with van der Waals surface area (Å²) in [5.74, 6) is 1.35. The zero-order valence-corrected chi connectivity index (χ0v) is 18.4. The Hall–Kier alpha value is -3.19. The van der Waals surface area contributed by atoms with Crippen LogP contribution in [0, 0.1) is 6.92 Å². The normalized spacial score (nSPS) is 15.3. The van der Waals surface area contributed by atoms with E-state index in [-0.39, 0.29) is 0 Å². The fourth-order valence-corrected chi connectivity index (χ4v) is 3.93. The Labute approximate surface area is 183 Å². The van der Waals surface area contributed by atoms with Gasteiger partial charge in [-0.05, 0) is 36.6 Å². The Morgan fingerprint density at radius 1 is 0.968 bits per heavy atom. The summed E-state index contributed by atoms with van der Waals surface area (Å²) in [4.78, 5) is 17.6. The molecule has 1 unspecified atom stereocenters. The van der Waals surface area contributed by atoms with E-state index >= 15 is 0 Å². The van der Waals surface area contributed by atoms with Gasteiger partial charge in [0.25, 0.3) is 0 Å². The molecule has 1 fully saturated rings. The highest BCUT2D eigenvalue weighted by Crippen LogP contribution is 2.33. The molecule has 2 N–H and O–H groups in total. The first-order valence-corrected chi connectivity index (χ1v) is 10.8. The van der Waals surface area contributed by atoms with Gasteiger partial charge in [0.1, 0.15) is 5.82 Å². The molecule has 4 rings (SSSR count). The molecule has 1 atom stereocenters. The number of aromatic nitrogens is 3. The molecule has 1 aliphatic rings. The lowest BCUT2D eigenvalue weighted by atomic mass is 10.0. The van der Waals surface area contributed by atoms with Crippen LogP contribution in [0.1, 0.15) is 42.8 Å². The summed E-state index contributed by atoms with van der Waals surface area (Å²) in [6, 6.07) is 10.2. The van der Waals surface area contributed by atoms with Crippen LogP contribution >= 0.6 is 0 Å². The van der Waals surface area contributed by atoms with Crippen molar-refractivity contribution in [2.24, 2.45) is 0 Å². The van der Waals surface area contributed by atoms with Gasteiger partial charge in [-0.2, -0.15) is 0 Å². The second-order valence-corrected chi connectivity index (χ2v) is 8.19. The van der Waals surface area contributed by atoms with Gasteiger partial charge in [-0.3, -0.25) is 9.97 Å². The van der Waals surface area contributed by atoms with Crippen LogP contribution in [-0.4, -0.2) is 46.2 Å². The lowest BCUT2D eigenvalue weighted by Gasteiger charge is -2.38. The van der Waals surface area contributed by atoms with Gasteiger partial charge in [-0.25, -0.2) is 4.98 Å². The quantitative estimate of drug-likeness (QED) is 0.591. The molecule has 0 aliphatic carbocycles. The summed E-state index contributed by atoms with van der Waals surface area (Å²) in [5.41, 5.74) is 4.93. The van der Waals surface area contributed by atoms with Crippen LogP contribution < -0.4 is 15.1 Å². The fourth-order valence-electron chi connectivity index (χ4n) is 3.93. The number of piperazine rings is 1. The molecule has 31 heavy (non-hydrogen) atoms. The maximum absolute atomic E-state index is 10.9. The molecule has 7 nitrogen and oxygen atoms in total. The number of hydrogen-bond acceptors (Lipinski definition) is 7. The van der Waals surface area contributed by atoms with Crippen molar-refractivity contribution in [2.45, 2.75) is 32.9 Å². The van der Waals surface area contributed by atoms with Crippen molar-refractivity contribution in [3.63, 3.8) is 0 Å². The summed E-state index contributed by atoms with van der Waals surface area (Å²) >= 11 is 0. The van der Waals surface area contributed by atoms with Crippen molar-refractivity contribution in [2.75, 3.05) is 41.3 Å². The van der Waals surface area contributed by atoms with Gasteiger partial charge < -0.3 is 20.2 Å². The minimum Gasteiger partial charge on any atom is -0.369 e. The van der Waals surface area contributed by atoms with Crippen molar-refractivity contribution in [3.8, 4) is 0 Å². The number of anilines is 3. The Bertz CT molecular complexity index is 1000. The molecule has 0 amide bonds. The molecular formula is C24H30N6O. The van der Waals surface area contributed by atoms with E-state index in [1.807, 2.05) is 25.3 Å². The topological polar surface area (TPSA) is 77.4 Å². The molecular weight excluding hydrogens is 388 g/mol. The fraction of sp³-hybridized carbons (Fsp3) is 0.375. The van der Waals surface area contributed by atoms with E-state index in [0.717, 1.165) is 54.6 Å². The monoisotopic (exact) mass is 418 g/mol. The van der Waals surface area contributed by atoms with Crippen LogP contribution in [0.5, 0.6) is 0 Å². The molecule has 0 spiro atoms. The first kappa shape index (κ1) is 21.1. The van der Waals surface area contributed by atoms with Crippen molar-refractivity contribution >= 4 is 17.2 Å². The third kappa shape index (κ3) is 4.77. The smallest absolute Gasteiger partial charge is 0.152 e. The molecule has 162 valence electrons. The van der Waals surface area contributed by atoms with Crippen molar-refractivity contribution in [1.29, 1.82) is 0 Å². The Morgan fingerprint density at radius 3 is 2.42 bits per heavy atom. The highest BCUT2D eigenvalue weighted by atomic mass is 16.3. The van der Waals surface area contributed by atoms with Gasteiger partial charge in [-0.15, -0.1) is 0 Å². The maximum atomic E-state index is 10.9. The summed E-state index contributed by atoms with van der Waals surface area (Å²) < 4.78 is 0. The van der Waals surface area contributed by atoms with Gasteiger partial charge in [0.05, 0.1) is 17.6 Å². The number of benzene rings is 1. The SMILES string of the molecule is Cc1ncccc1C(O)Nc1ccc(C(C)C)cc1N1CCN(c2cnccn2)CC1. The number of aliphatic hydroxyl groups is 1. The van der Waals surface area contributed by atoms with Gasteiger partial charge in [-0.1, -0.05) is 26.0 Å². The molecule has 1 saturated heterocycles. The molecule has 1 aliphatic heterocycles. The van der Waals surface area contributed by atoms with Crippen molar-refractivity contribution in [3.05, 3.63) is 71.9 Å². The third-order valence-electron chi connectivity index (χ3n) is 5.82. The minimum absolute atomic E-state index is 0.430. The zero-order chi connectivity index (χ0) is 21.8. The highest BCUT2D eigenvalue weighted by molar-refractivity contribution is 5.72. The minimum atomic E-state index is -0.821. The van der Waals surface area contributed by atoms with E-state index in [2.05, 4.69) is 62.1 Å². The van der Waals surface area contributed by atoms with Gasteiger partial charge >= 0.3 is 0 Å². The molecule has 3 aromatic rings. The Morgan fingerprint density at radius 2 is 1.74 bits per heavy atom. The number of nitrogens with one attached hydrogen (secondary N) is 1. The van der Waals surface area contributed by atoms with E-state index in [1.54, 1.807) is 18.6 Å². The van der Waals surface area contributed by atoms with Crippen LogP contribution in [0.2, 0.25) is 0 Å². The molecule has 2 aromatic heterocycles. The van der Waals surface area contributed by atoms with Crippen LogP contribution in [0.25, 0.3) is 0 Å². The molecule has 7 heteroatoms. The number of aryl methyl sites for hydroxylation is 1. The lowest BCUT2D eigenvalue weighted by Crippen LogP contribution is -2.47. The standard InChI is InChI=1S/C24H30N6O/c1-17(2)19-6-7-21(28-24(31)20-5-4-8-26-18(20)3)22(15-19)29-11-13-30(14-12-29)23-16-25-9-10-27-23/h4-10,15-17,24,28,31H,11-14H2,1-3H3. The summed E-state index contributed by atoms with van der Waals surface area (Å²) in [5, 5.41) is 14.2.